The van der Waals surface area contributed by atoms with E-state index < -0.39 is 32.7 Å². The molecule has 4 rings (SSSR count). The van der Waals surface area contributed by atoms with E-state index in [0.29, 0.717) is 22.6 Å². The molecule has 1 fully saturated rings. The molecule has 2 N–H and O–H groups in total. The molecule has 36 heavy (non-hydrogen) atoms. The standard InChI is InChI=1S/C26H25FN2O6S/c27-21-8-12-23(13-9-21)35-22-10-6-20(7-11-22)26(18-24(30)28-32)14-15-29(16-17-36(26,33)34)25(31)19-4-2-1-3-5-19/h1-13,32H,14-18H2,(H,28,30). The minimum absolute atomic E-state index is 0.0235. The number of sulfone groups is 1. The maximum atomic E-state index is 13.6. The summed E-state index contributed by atoms with van der Waals surface area (Å²) in [6, 6.07) is 20.2. The molecule has 1 saturated heterocycles. The van der Waals surface area contributed by atoms with Gasteiger partial charge >= 0.3 is 0 Å². The van der Waals surface area contributed by atoms with Crippen LogP contribution in [-0.2, 0) is 19.4 Å². The van der Waals surface area contributed by atoms with Gasteiger partial charge in [0.2, 0.25) is 5.91 Å². The fraction of sp³-hybridized carbons (Fsp3) is 0.231. The van der Waals surface area contributed by atoms with Crippen molar-refractivity contribution in [3.63, 3.8) is 0 Å². The predicted molar refractivity (Wildman–Crippen MR) is 130 cm³/mol. The highest BCUT2D eigenvalue weighted by Crippen LogP contribution is 2.41. The normalized spacial score (nSPS) is 19.2. The molecule has 0 spiro atoms. The van der Waals surface area contributed by atoms with E-state index in [1.54, 1.807) is 54.6 Å². The Morgan fingerprint density at radius 1 is 0.944 bits per heavy atom. The molecule has 1 unspecified atom stereocenters. The molecule has 10 heteroatoms. The van der Waals surface area contributed by atoms with Gasteiger partial charge in [-0.25, -0.2) is 18.3 Å². The maximum absolute atomic E-state index is 13.6. The van der Waals surface area contributed by atoms with E-state index in [2.05, 4.69) is 0 Å². The average Bonchev–Trinajstić information content (AvgIpc) is 3.02. The molecule has 1 atom stereocenters. The zero-order valence-corrected chi connectivity index (χ0v) is 20.1. The van der Waals surface area contributed by atoms with Crippen LogP contribution in [0.2, 0.25) is 0 Å². The van der Waals surface area contributed by atoms with Crippen LogP contribution in [0.15, 0.2) is 78.9 Å². The zero-order valence-electron chi connectivity index (χ0n) is 19.3. The summed E-state index contributed by atoms with van der Waals surface area (Å²) in [6.45, 7) is 0.0732. The Hall–Kier alpha value is -3.76. The minimum Gasteiger partial charge on any atom is -0.457 e. The van der Waals surface area contributed by atoms with Crippen molar-refractivity contribution < 1.29 is 32.3 Å². The van der Waals surface area contributed by atoms with Crippen LogP contribution in [0.3, 0.4) is 0 Å². The van der Waals surface area contributed by atoms with Crippen molar-refractivity contribution in [1.29, 1.82) is 0 Å². The number of hydroxylamine groups is 1. The summed E-state index contributed by atoms with van der Waals surface area (Å²) in [4.78, 5) is 26.7. The lowest BCUT2D eigenvalue weighted by atomic mass is 9.90. The Morgan fingerprint density at radius 2 is 1.56 bits per heavy atom. The van der Waals surface area contributed by atoms with Crippen LogP contribution in [0, 0.1) is 5.82 Å². The number of carbonyl (C=O) groups excluding carboxylic acids is 2. The van der Waals surface area contributed by atoms with Crippen LogP contribution in [-0.4, -0.2) is 49.2 Å². The van der Waals surface area contributed by atoms with E-state index in [4.69, 9.17) is 4.74 Å². The second kappa shape index (κ2) is 10.5. The van der Waals surface area contributed by atoms with Gasteiger partial charge < -0.3 is 9.64 Å². The summed E-state index contributed by atoms with van der Waals surface area (Å²) in [5.41, 5.74) is 2.32. The van der Waals surface area contributed by atoms with E-state index in [1.165, 1.54) is 34.6 Å². The van der Waals surface area contributed by atoms with Gasteiger partial charge in [0, 0.05) is 18.7 Å². The number of hydrogen-bond donors (Lipinski definition) is 2. The number of carbonyl (C=O) groups is 2. The van der Waals surface area contributed by atoms with E-state index in [-0.39, 0.29) is 31.2 Å². The number of benzene rings is 3. The molecule has 1 heterocycles. The number of hydrogen-bond acceptors (Lipinski definition) is 6. The van der Waals surface area contributed by atoms with Gasteiger partial charge in [-0.2, -0.15) is 0 Å². The van der Waals surface area contributed by atoms with Crippen molar-refractivity contribution in [3.8, 4) is 11.5 Å². The predicted octanol–water partition coefficient (Wildman–Crippen LogP) is 3.67. The van der Waals surface area contributed by atoms with E-state index >= 15 is 0 Å². The van der Waals surface area contributed by atoms with Crippen LogP contribution in [0.4, 0.5) is 4.39 Å². The van der Waals surface area contributed by atoms with Crippen molar-refractivity contribution in [2.24, 2.45) is 0 Å². The highest BCUT2D eigenvalue weighted by atomic mass is 32.2. The lowest BCUT2D eigenvalue weighted by Crippen LogP contribution is -2.42. The van der Waals surface area contributed by atoms with Crippen LogP contribution in [0.1, 0.15) is 28.8 Å². The number of amides is 2. The summed E-state index contributed by atoms with van der Waals surface area (Å²) < 4.78 is 44.4. The fourth-order valence-corrected chi connectivity index (χ4v) is 6.46. The molecule has 188 valence electrons. The van der Waals surface area contributed by atoms with Crippen LogP contribution < -0.4 is 10.2 Å². The molecular formula is C26H25FN2O6S. The maximum Gasteiger partial charge on any atom is 0.253 e. The molecule has 3 aromatic rings. The van der Waals surface area contributed by atoms with Crippen LogP contribution in [0.5, 0.6) is 11.5 Å². The zero-order chi connectivity index (χ0) is 25.8. The fourth-order valence-electron chi connectivity index (χ4n) is 4.36. The van der Waals surface area contributed by atoms with E-state index in [0.717, 1.165) is 0 Å². The van der Waals surface area contributed by atoms with Gasteiger partial charge in [0.1, 0.15) is 22.1 Å². The third-order valence-corrected chi connectivity index (χ3v) is 8.81. The van der Waals surface area contributed by atoms with Gasteiger partial charge in [-0.05, 0) is 60.5 Å². The first kappa shape index (κ1) is 25.3. The van der Waals surface area contributed by atoms with Crippen molar-refractivity contribution >= 4 is 21.7 Å². The topological polar surface area (TPSA) is 113 Å². The van der Waals surface area contributed by atoms with Gasteiger partial charge in [0.15, 0.2) is 9.84 Å². The first-order valence-electron chi connectivity index (χ1n) is 11.3. The smallest absolute Gasteiger partial charge is 0.253 e. The summed E-state index contributed by atoms with van der Waals surface area (Å²) in [5, 5.41) is 9.18. The Kier molecular flexibility index (Phi) is 7.37. The van der Waals surface area contributed by atoms with Crippen LogP contribution >= 0.6 is 0 Å². The van der Waals surface area contributed by atoms with Gasteiger partial charge in [-0.15, -0.1) is 0 Å². The molecule has 8 nitrogen and oxygen atoms in total. The number of nitrogens with one attached hydrogen (secondary N) is 1. The second-order valence-corrected chi connectivity index (χ2v) is 10.9. The third-order valence-electron chi connectivity index (χ3n) is 6.32. The molecule has 0 aromatic heterocycles. The SMILES string of the molecule is O=C(CC1(c2ccc(Oc3ccc(F)cc3)cc2)CCN(C(=O)c2ccccc2)CCS1(=O)=O)NO. The molecule has 1 aliphatic rings. The Morgan fingerprint density at radius 3 is 2.17 bits per heavy atom. The highest BCUT2D eigenvalue weighted by molar-refractivity contribution is 7.92. The molecule has 3 aromatic carbocycles. The number of rotatable bonds is 6. The summed E-state index contributed by atoms with van der Waals surface area (Å²) in [5.74, 6) is -1.11. The van der Waals surface area contributed by atoms with Crippen LogP contribution in [0.25, 0.3) is 0 Å². The van der Waals surface area contributed by atoms with E-state index in [1.807, 2.05) is 0 Å². The Balaban J connectivity index is 1.65. The van der Waals surface area contributed by atoms with E-state index in [9.17, 15) is 27.6 Å². The monoisotopic (exact) mass is 512 g/mol. The third kappa shape index (κ3) is 5.24. The molecule has 0 aliphatic carbocycles. The first-order valence-corrected chi connectivity index (χ1v) is 12.9. The molecule has 2 amide bonds. The first-order chi connectivity index (χ1) is 17.2. The number of ether oxygens (including phenoxy) is 1. The van der Waals surface area contributed by atoms with Gasteiger partial charge in [-0.1, -0.05) is 30.3 Å². The van der Waals surface area contributed by atoms with Crippen molar-refractivity contribution in [2.45, 2.75) is 17.6 Å². The average molecular weight is 513 g/mol. The Bertz CT molecular complexity index is 1330. The highest BCUT2D eigenvalue weighted by Gasteiger charge is 2.48. The van der Waals surface area contributed by atoms with Gasteiger partial charge in [-0.3, -0.25) is 14.8 Å². The Labute approximate surface area is 208 Å². The molecule has 1 aliphatic heterocycles. The van der Waals surface area contributed by atoms with Crippen molar-refractivity contribution in [2.75, 3.05) is 18.8 Å². The van der Waals surface area contributed by atoms with Gasteiger partial charge in [0.25, 0.3) is 5.91 Å². The minimum atomic E-state index is -3.95. The van der Waals surface area contributed by atoms with Gasteiger partial charge in [0.05, 0.1) is 12.2 Å². The lowest BCUT2D eigenvalue weighted by Gasteiger charge is -2.32. The summed E-state index contributed by atoms with van der Waals surface area (Å²) in [7, 11) is -3.95. The number of nitrogens with zero attached hydrogens (tertiary/aromatic N) is 1. The lowest BCUT2D eigenvalue weighted by molar-refractivity contribution is -0.130. The largest absolute Gasteiger partial charge is 0.457 e. The van der Waals surface area contributed by atoms with Crippen molar-refractivity contribution in [3.05, 3.63) is 95.8 Å². The second-order valence-electron chi connectivity index (χ2n) is 8.51. The van der Waals surface area contributed by atoms with Crippen molar-refractivity contribution in [1.82, 2.24) is 10.4 Å². The molecule has 0 bridgehead atoms. The molecule has 0 radical (unpaired) electrons. The summed E-state index contributed by atoms with van der Waals surface area (Å²) >= 11 is 0. The quantitative estimate of drug-likeness (QED) is 0.385. The molecular weight excluding hydrogens is 487 g/mol. The number of halogens is 1. The summed E-state index contributed by atoms with van der Waals surface area (Å²) in [6.07, 6.45) is -0.559. The molecule has 0 saturated carbocycles.